The van der Waals surface area contributed by atoms with E-state index in [0.717, 1.165) is 26.1 Å². The molecule has 2 aliphatic rings. The molecule has 2 rings (SSSR count). The second-order valence-electron chi connectivity index (χ2n) is 4.64. The van der Waals surface area contributed by atoms with Crippen LogP contribution in [0.2, 0.25) is 0 Å². The van der Waals surface area contributed by atoms with E-state index in [0.29, 0.717) is 12.0 Å². The number of hydrogen-bond donors (Lipinski definition) is 1. The lowest BCUT2D eigenvalue weighted by Gasteiger charge is -2.32. The molecule has 0 radical (unpaired) electrons. The number of aliphatic hydroxyl groups excluding tert-OH is 1. The number of methoxy groups -OCH3 is 1. The van der Waals surface area contributed by atoms with Crippen molar-refractivity contribution in [3.8, 4) is 0 Å². The fourth-order valence-corrected chi connectivity index (χ4v) is 2.56. The summed E-state index contributed by atoms with van der Waals surface area (Å²) in [5.41, 5.74) is -0.00280. The minimum Gasteiger partial charge on any atom is -0.396 e. The average molecular weight is 200 g/mol. The molecule has 3 nitrogen and oxygen atoms in total. The fourth-order valence-electron chi connectivity index (χ4n) is 2.56. The smallest absolute Gasteiger partial charge is 0.0683 e. The Morgan fingerprint density at radius 3 is 2.86 bits per heavy atom. The summed E-state index contributed by atoms with van der Waals surface area (Å²) >= 11 is 0. The summed E-state index contributed by atoms with van der Waals surface area (Å²) < 4.78 is 10.9. The maximum atomic E-state index is 9.55. The van der Waals surface area contributed by atoms with Crippen LogP contribution in [0.15, 0.2) is 0 Å². The Labute approximate surface area is 85.4 Å². The molecule has 1 aliphatic heterocycles. The summed E-state index contributed by atoms with van der Waals surface area (Å²) in [6.07, 6.45) is 4.77. The van der Waals surface area contributed by atoms with Crippen LogP contribution in [-0.4, -0.2) is 38.1 Å². The zero-order chi connectivity index (χ0) is 10.0. The third-order valence-corrected chi connectivity index (χ3v) is 3.67. The molecular formula is C11H20O3. The van der Waals surface area contributed by atoms with Gasteiger partial charge in [0.15, 0.2) is 0 Å². The van der Waals surface area contributed by atoms with Crippen molar-refractivity contribution in [3.63, 3.8) is 0 Å². The molecule has 0 spiro atoms. The van der Waals surface area contributed by atoms with Crippen LogP contribution < -0.4 is 0 Å². The van der Waals surface area contributed by atoms with Crippen molar-refractivity contribution in [1.82, 2.24) is 0 Å². The van der Waals surface area contributed by atoms with Gasteiger partial charge in [-0.2, -0.15) is 0 Å². The SMILES string of the molecule is COCCC1(CO)CCOC1C1CC1. The molecule has 2 unspecified atom stereocenters. The Morgan fingerprint density at radius 2 is 2.29 bits per heavy atom. The van der Waals surface area contributed by atoms with Gasteiger partial charge >= 0.3 is 0 Å². The van der Waals surface area contributed by atoms with Crippen LogP contribution in [0, 0.1) is 11.3 Å². The number of aliphatic hydroxyl groups is 1. The molecule has 0 amide bonds. The first-order valence-electron chi connectivity index (χ1n) is 5.54. The van der Waals surface area contributed by atoms with Crippen LogP contribution in [0.4, 0.5) is 0 Å². The Bertz CT molecular complexity index is 191. The third kappa shape index (κ3) is 1.81. The Morgan fingerprint density at radius 1 is 1.50 bits per heavy atom. The van der Waals surface area contributed by atoms with Gasteiger partial charge in [0.25, 0.3) is 0 Å². The molecule has 3 heteroatoms. The van der Waals surface area contributed by atoms with Gasteiger partial charge in [0.05, 0.1) is 12.7 Å². The minimum absolute atomic E-state index is 0.00280. The van der Waals surface area contributed by atoms with Crippen LogP contribution in [0.5, 0.6) is 0 Å². The predicted molar refractivity (Wildman–Crippen MR) is 53.1 cm³/mol. The van der Waals surface area contributed by atoms with E-state index in [1.54, 1.807) is 7.11 Å². The van der Waals surface area contributed by atoms with Gasteiger partial charge in [-0.25, -0.2) is 0 Å². The van der Waals surface area contributed by atoms with Crippen LogP contribution >= 0.6 is 0 Å². The summed E-state index contributed by atoms with van der Waals surface area (Å²) in [6.45, 7) is 1.79. The standard InChI is InChI=1S/C11H20O3/c1-13-6-4-11(8-12)5-7-14-10(11)9-2-3-9/h9-10,12H,2-8H2,1H3. The highest BCUT2D eigenvalue weighted by Gasteiger charge is 2.50. The first-order chi connectivity index (χ1) is 6.82. The van der Waals surface area contributed by atoms with Crippen LogP contribution in [0.25, 0.3) is 0 Å². The van der Waals surface area contributed by atoms with Gasteiger partial charge < -0.3 is 14.6 Å². The Kier molecular flexibility index (Phi) is 3.10. The van der Waals surface area contributed by atoms with Crippen molar-refractivity contribution < 1.29 is 14.6 Å². The Hall–Kier alpha value is -0.120. The summed E-state index contributed by atoms with van der Waals surface area (Å²) in [6, 6.07) is 0. The lowest BCUT2D eigenvalue weighted by atomic mass is 9.77. The molecule has 1 heterocycles. The zero-order valence-corrected chi connectivity index (χ0v) is 8.87. The van der Waals surface area contributed by atoms with E-state index in [9.17, 15) is 5.11 Å². The van der Waals surface area contributed by atoms with Crippen molar-refractivity contribution >= 4 is 0 Å². The fraction of sp³-hybridized carbons (Fsp3) is 1.00. The maximum Gasteiger partial charge on any atom is 0.0683 e. The normalized spacial score (nSPS) is 37.7. The Balaban J connectivity index is 1.99. The van der Waals surface area contributed by atoms with Gasteiger partial charge in [-0.3, -0.25) is 0 Å². The van der Waals surface area contributed by atoms with E-state index >= 15 is 0 Å². The van der Waals surface area contributed by atoms with Crippen molar-refractivity contribution in [3.05, 3.63) is 0 Å². The molecule has 1 saturated heterocycles. The predicted octanol–water partition coefficient (Wildman–Crippen LogP) is 1.20. The van der Waals surface area contributed by atoms with E-state index in [1.165, 1.54) is 12.8 Å². The van der Waals surface area contributed by atoms with Gasteiger partial charge in [-0.1, -0.05) is 0 Å². The van der Waals surface area contributed by atoms with Crippen molar-refractivity contribution in [2.45, 2.75) is 31.8 Å². The van der Waals surface area contributed by atoms with Crippen molar-refractivity contribution in [2.75, 3.05) is 26.9 Å². The number of hydrogen-bond acceptors (Lipinski definition) is 3. The topological polar surface area (TPSA) is 38.7 Å². The highest BCUT2D eigenvalue weighted by molar-refractivity contribution is 4.99. The molecule has 82 valence electrons. The van der Waals surface area contributed by atoms with Crippen LogP contribution in [0.3, 0.4) is 0 Å². The maximum absolute atomic E-state index is 9.55. The zero-order valence-electron chi connectivity index (χ0n) is 8.87. The van der Waals surface area contributed by atoms with Gasteiger partial charge in [-0.05, 0) is 31.6 Å². The van der Waals surface area contributed by atoms with Crippen LogP contribution in [0.1, 0.15) is 25.7 Å². The van der Waals surface area contributed by atoms with E-state index < -0.39 is 0 Å². The first kappa shape index (κ1) is 10.4. The molecule has 1 saturated carbocycles. The second-order valence-corrected chi connectivity index (χ2v) is 4.64. The van der Waals surface area contributed by atoms with E-state index in [-0.39, 0.29) is 12.0 Å². The van der Waals surface area contributed by atoms with Crippen molar-refractivity contribution in [1.29, 1.82) is 0 Å². The van der Waals surface area contributed by atoms with Gasteiger partial charge in [0.1, 0.15) is 0 Å². The lowest BCUT2D eigenvalue weighted by molar-refractivity contribution is -0.0158. The minimum atomic E-state index is -0.00280. The lowest BCUT2D eigenvalue weighted by Crippen LogP contribution is -2.37. The summed E-state index contributed by atoms with van der Waals surface area (Å²) in [5, 5.41) is 9.55. The molecule has 1 N–H and O–H groups in total. The molecule has 2 fully saturated rings. The monoisotopic (exact) mass is 200 g/mol. The average Bonchev–Trinajstić information content (AvgIpc) is 2.97. The van der Waals surface area contributed by atoms with E-state index in [1.807, 2.05) is 0 Å². The number of ether oxygens (including phenoxy) is 2. The van der Waals surface area contributed by atoms with Crippen molar-refractivity contribution in [2.24, 2.45) is 11.3 Å². The highest BCUT2D eigenvalue weighted by atomic mass is 16.5. The molecule has 0 aromatic carbocycles. The van der Waals surface area contributed by atoms with E-state index in [2.05, 4.69) is 0 Å². The molecule has 0 aromatic heterocycles. The summed E-state index contributed by atoms with van der Waals surface area (Å²) in [5.74, 6) is 0.710. The summed E-state index contributed by atoms with van der Waals surface area (Å²) in [4.78, 5) is 0. The molecular weight excluding hydrogens is 180 g/mol. The first-order valence-corrected chi connectivity index (χ1v) is 5.54. The molecule has 0 bridgehead atoms. The third-order valence-electron chi connectivity index (χ3n) is 3.67. The van der Waals surface area contributed by atoms with Gasteiger partial charge in [0.2, 0.25) is 0 Å². The molecule has 14 heavy (non-hydrogen) atoms. The molecule has 1 aliphatic carbocycles. The number of rotatable bonds is 5. The molecule has 2 atom stereocenters. The second kappa shape index (κ2) is 4.17. The largest absolute Gasteiger partial charge is 0.396 e. The van der Waals surface area contributed by atoms with E-state index in [4.69, 9.17) is 9.47 Å². The van der Waals surface area contributed by atoms with Gasteiger partial charge in [0, 0.05) is 25.7 Å². The van der Waals surface area contributed by atoms with Gasteiger partial charge in [-0.15, -0.1) is 0 Å². The highest BCUT2D eigenvalue weighted by Crippen LogP contribution is 2.49. The van der Waals surface area contributed by atoms with Crippen LogP contribution in [-0.2, 0) is 9.47 Å². The quantitative estimate of drug-likeness (QED) is 0.724. The molecule has 0 aromatic rings. The summed E-state index contributed by atoms with van der Waals surface area (Å²) in [7, 11) is 1.72.